The van der Waals surface area contributed by atoms with Gasteiger partial charge in [-0.3, -0.25) is 0 Å². The van der Waals surface area contributed by atoms with Gasteiger partial charge in [0.25, 0.3) is 0 Å². The van der Waals surface area contributed by atoms with E-state index in [1.165, 1.54) is 22.9 Å². The molecule has 0 unspecified atom stereocenters. The lowest BCUT2D eigenvalue weighted by Crippen LogP contribution is -2.33. The average Bonchev–Trinajstić information content (AvgIpc) is 2.30. The molecule has 1 aliphatic carbocycles. The topological polar surface area (TPSA) is 12.0 Å². The van der Waals surface area contributed by atoms with Gasteiger partial charge in [-0.05, 0) is 37.3 Å². The number of rotatable bonds is 3. The number of alkyl halides is 1. The van der Waals surface area contributed by atoms with E-state index in [0.29, 0.717) is 11.4 Å². The van der Waals surface area contributed by atoms with E-state index in [2.05, 4.69) is 39.4 Å². The van der Waals surface area contributed by atoms with Crippen LogP contribution in [0.5, 0.6) is 0 Å². The lowest BCUT2D eigenvalue weighted by atomic mass is 9.95. The third-order valence-corrected chi connectivity index (χ3v) is 4.41. The van der Waals surface area contributed by atoms with Crippen LogP contribution in [-0.4, -0.2) is 11.4 Å². The van der Waals surface area contributed by atoms with Crippen LogP contribution in [0.2, 0.25) is 0 Å². The van der Waals surface area contributed by atoms with Crippen LogP contribution in [-0.2, 0) is 6.54 Å². The standard InChI is InChI=1S/C13H17BrClN/c14-13-4-2-1-3-10(13)9-16-12-7-5-11(15)6-8-12/h1-4,11-12,16H,5-9H2. The molecule has 0 saturated heterocycles. The number of nitrogens with one attached hydrogen (secondary N) is 1. The zero-order chi connectivity index (χ0) is 11.4. The van der Waals surface area contributed by atoms with E-state index in [0.717, 1.165) is 19.4 Å². The summed E-state index contributed by atoms with van der Waals surface area (Å²) in [5.41, 5.74) is 1.33. The van der Waals surface area contributed by atoms with Gasteiger partial charge in [0.15, 0.2) is 0 Å². The van der Waals surface area contributed by atoms with Crippen molar-refractivity contribution in [2.45, 2.75) is 43.6 Å². The molecule has 0 radical (unpaired) electrons. The Morgan fingerprint density at radius 3 is 2.56 bits per heavy atom. The first-order valence-electron chi connectivity index (χ1n) is 5.86. The molecule has 3 heteroatoms. The molecule has 1 fully saturated rings. The molecule has 0 aromatic heterocycles. The first kappa shape index (κ1) is 12.4. The minimum atomic E-state index is 0.404. The highest BCUT2D eigenvalue weighted by molar-refractivity contribution is 9.10. The van der Waals surface area contributed by atoms with Crippen molar-refractivity contribution in [3.05, 3.63) is 34.3 Å². The molecule has 1 aromatic carbocycles. The molecule has 88 valence electrons. The molecule has 0 amide bonds. The lowest BCUT2D eigenvalue weighted by molar-refractivity contribution is 0.376. The van der Waals surface area contributed by atoms with Crippen LogP contribution in [0.4, 0.5) is 0 Å². The molecular formula is C13H17BrClN. The molecule has 0 aliphatic heterocycles. The Morgan fingerprint density at radius 1 is 1.19 bits per heavy atom. The van der Waals surface area contributed by atoms with Gasteiger partial charge in [-0.15, -0.1) is 11.6 Å². The van der Waals surface area contributed by atoms with E-state index in [1.807, 2.05) is 6.07 Å². The summed E-state index contributed by atoms with van der Waals surface area (Å²) in [6.45, 7) is 0.943. The van der Waals surface area contributed by atoms with Crippen LogP contribution in [0.3, 0.4) is 0 Å². The summed E-state index contributed by atoms with van der Waals surface area (Å²) in [7, 11) is 0. The lowest BCUT2D eigenvalue weighted by Gasteiger charge is -2.26. The van der Waals surface area contributed by atoms with E-state index >= 15 is 0 Å². The van der Waals surface area contributed by atoms with Crippen LogP contribution in [0, 0.1) is 0 Å². The maximum Gasteiger partial charge on any atom is 0.0337 e. The van der Waals surface area contributed by atoms with Crippen molar-refractivity contribution in [2.75, 3.05) is 0 Å². The molecule has 0 spiro atoms. The fourth-order valence-electron chi connectivity index (χ4n) is 2.15. The Bertz CT molecular complexity index is 334. The van der Waals surface area contributed by atoms with Gasteiger partial charge in [-0.2, -0.15) is 0 Å². The molecule has 2 rings (SSSR count). The van der Waals surface area contributed by atoms with Gasteiger partial charge in [0.05, 0.1) is 0 Å². The number of hydrogen-bond acceptors (Lipinski definition) is 1. The van der Waals surface area contributed by atoms with Crippen molar-refractivity contribution in [2.24, 2.45) is 0 Å². The van der Waals surface area contributed by atoms with Crippen LogP contribution < -0.4 is 5.32 Å². The van der Waals surface area contributed by atoms with Gasteiger partial charge in [-0.1, -0.05) is 34.1 Å². The van der Waals surface area contributed by atoms with Crippen LogP contribution in [0.15, 0.2) is 28.7 Å². The Hall–Kier alpha value is -0.0500. The maximum atomic E-state index is 6.09. The molecule has 0 bridgehead atoms. The first-order valence-corrected chi connectivity index (χ1v) is 7.09. The normalized spacial score (nSPS) is 25.6. The number of benzene rings is 1. The smallest absolute Gasteiger partial charge is 0.0337 e. The Labute approximate surface area is 111 Å². The van der Waals surface area contributed by atoms with Crippen LogP contribution >= 0.6 is 27.5 Å². The largest absolute Gasteiger partial charge is 0.310 e. The summed E-state index contributed by atoms with van der Waals surface area (Å²) in [6.07, 6.45) is 4.71. The molecule has 1 saturated carbocycles. The van der Waals surface area contributed by atoms with Crippen molar-refractivity contribution in [3.8, 4) is 0 Å². The third-order valence-electron chi connectivity index (χ3n) is 3.20. The predicted octanol–water partition coefficient (Wildman–Crippen LogP) is 4.09. The van der Waals surface area contributed by atoms with Crippen LogP contribution in [0.25, 0.3) is 0 Å². The molecule has 0 heterocycles. The highest BCUT2D eigenvalue weighted by Crippen LogP contribution is 2.23. The zero-order valence-electron chi connectivity index (χ0n) is 9.26. The minimum absolute atomic E-state index is 0.404. The summed E-state index contributed by atoms with van der Waals surface area (Å²) in [5.74, 6) is 0. The second-order valence-corrected chi connectivity index (χ2v) is 5.89. The number of halogens is 2. The van der Waals surface area contributed by atoms with Crippen molar-refractivity contribution in [1.29, 1.82) is 0 Å². The summed E-state index contributed by atoms with van der Waals surface area (Å²) in [5, 5.41) is 4.01. The summed E-state index contributed by atoms with van der Waals surface area (Å²) < 4.78 is 1.19. The van der Waals surface area contributed by atoms with E-state index in [1.54, 1.807) is 0 Å². The summed E-state index contributed by atoms with van der Waals surface area (Å²) >= 11 is 9.66. The molecular weight excluding hydrogens is 286 g/mol. The van der Waals surface area contributed by atoms with Gasteiger partial charge in [0.1, 0.15) is 0 Å². The summed E-state index contributed by atoms with van der Waals surface area (Å²) in [4.78, 5) is 0. The second kappa shape index (κ2) is 6.04. The number of hydrogen-bond donors (Lipinski definition) is 1. The highest BCUT2D eigenvalue weighted by atomic mass is 79.9. The fourth-order valence-corrected chi connectivity index (χ4v) is 2.83. The fraction of sp³-hybridized carbons (Fsp3) is 0.538. The minimum Gasteiger partial charge on any atom is -0.310 e. The van der Waals surface area contributed by atoms with E-state index in [9.17, 15) is 0 Å². The van der Waals surface area contributed by atoms with Crippen LogP contribution in [0.1, 0.15) is 31.2 Å². The first-order chi connectivity index (χ1) is 7.75. The van der Waals surface area contributed by atoms with Crippen molar-refractivity contribution >= 4 is 27.5 Å². The monoisotopic (exact) mass is 301 g/mol. The highest BCUT2D eigenvalue weighted by Gasteiger charge is 2.18. The zero-order valence-corrected chi connectivity index (χ0v) is 11.6. The molecule has 1 aliphatic rings. The Morgan fingerprint density at radius 2 is 1.88 bits per heavy atom. The quantitative estimate of drug-likeness (QED) is 0.829. The Kier molecular flexibility index (Phi) is 4.68. The van der Waals surface area contributed by atoms with Crippen molar-refractivity contribution < 1.29 is 0 Å². The summed E-state index contributed by atoms with van der Waals surface area (Å²) in [6, 6.07) is 9.02. The molecule has 1 nitrogen and oxygen atoms in total. The molecule has 0 atom stereocenters. The molecule has 1 aromatic rings. The molecule has 16 heavy (non-hydrogen) atoms. The van der Waals surface area contributed by atoms with E-state index < -0.39 is 0 Å². The SMILES string of the molecule is ClC1CCC(NCc2ccccc2Br)CC1. The van der Waals surface area contributed by atoms with E-state index in [4.69, 9.17) is 11.6 Å². The Balaban J connectivity index is 1.81. The van der Waals surface area contributed by atoms with Gasteiger partial charge in [-0.25, -0.2) is 0 Å². The molecule has 1 N–H and O–H groups in total. The predicted molar refractivity (Wildman–Crippen MR) is 72.9 cm³/mol. The maximum absolute atomic E-state index is 6.09. The van der Waals surface area contributed by atoms with Gasteiger partial charge >= 0.3 is 0 Å². The van der Waals surface area contributed by atoms with Crippen molar-refractivity contribution in [3.63, 3.8) is 0 Å². The second-order valence-electron chi connectivity index (χ2n) is 4.42. The third kappa shape index (κ3) is 3.47. The van der Waals surface area contributed by atoms with Gasteiger partial charge in [0, 0.05) is 22.4 Å². The van der Waals surface area contributed by atoms with E-state index in [-0.39, 0.29) is 0 Å². The van der Waals surface area contributed by atoms with Gasteiger partial charge in [0.2, 0.25) is 0 Å². The van der Waals surface area contributed by atoms with Gasteiger partial charge < -0.3 is 5.32 Å². The van der Waals surface area contributed by atoms with Crippen molar-refractivity contribution in [1.82, 2.24) is 5.32 Å². The average molecular weight is 303 g/mol.